The fourth-order valence-corrected chi connectivity index (χ4v) is 2.58. The molecule has 0 bridgehead atoms. The fourth-order valence-electron chi connectivity index (χ4n) is 2.58. The van der Waals surface area contributed by atoms with Gasteiger partial charge >= 0.3 is 6.18 Å². The van der Waals surface area contributed by atoms with Crippen LogP contribution in [0.3, 0.4) is 0 Å². The number of benzene rings is 1. The van der Waals surface area contributed by atoms with Gasteiger partial charge in [-0.25, -0.2) is 4.98 Å². The number of hydrogen-bond acceptors (Lipinski definition) is 4. The fraction of sp³-hybridized carbons (Fsp3) is 0.200. The highest BCUT2D eigenvalue weighted by Crippen LogP contribution is 2.30. The molecule has 0 radical (unpaired) electrons. The summed E-state index contributed by atoms with van der Waals surface area (Å²) >= 11 is 0. The molecular formula is C20H19F3N4. The maximum absolute atomic E-state index is 12.9. The van der Waals surface area contributed by atoms with Crippen LogP contribution in [0.2, 0.25) is 0 Å². The molecule has 0 unspecified atom stereocenters. The van der Waals surface area contributed by atoms with Gasteiger partial charge in [0.1, 0.15) is 11.5 Å². The molecule has 2 heterocycles. The van der Waals surface area contributed by atoms with Gasteiger partial charge < -0.3 is 10.6 Å². The summed E-state index contributed by atoms with van der Waals surface area (Å²) in [4.78, 5) is 7.92. The van der Waals surface area contributed by atoms with Crippen LogP contribution in [0.15, 0.2) is 60.8 Å². The van der Waals surface area contributed by atoms with E-state index in [0.717, 1.165) is 23.5 Å². The Morgan fingerprint density at radius 2 is 1.67 bits per heavy atom. The lowest BCUT2D eigenvalue weighted by Gasteiger charge is -2.15. The molecule has 2 N–H and O–H groups in total. The number of nitrogens with zero attached hydrogens (tertiary/aromatic N) is 2. The van der Waals surface area contributed by atoms with Gasteiger partial charge in [-0.3, -0.25) is 4.98 Å². The van der Waals surface area contributed by atoms with Crippen molar-refractivity contribution in [3.05, 3.63) is 66.5 Å². The normalized spacial score (nSPS) is 11.5. The van der Waals surface area contributed by atoms with Gasteiger partial charge in [0.05, 0.1) is 5.69 Å². The highest BCUT2D eigenvalue weighted by Gasteiger charge is 2.32. The molecule has 3 rings (SSSR count). The van der Waals surface area contributed by atoms with Crippen LogP contribution in [-0.4, -0.2) is 16.0 Å². The molecule has 0 aliphatic rings. The minimum absolute atomic E-state index is 0.196. The second kappa shape index (κ2) is 7.65. The first-order chi connectivity index (χ1) is 12.8. The smallest absolute Gasteiger partial charge is 0.383 e. The summed E-state index contributed by atoms with van der Waals surface area (Å²) < 4.78 is 38.7. The lowest BCUT2D eigenvalue weighted by atomic mass is 10.1. The third-order valence-corrected chi connectivity index (χ3v) is 3.67. The van der Waals surface area contributed by atoms with E-state index in [1.807, 2.05) is 50.2 Å². The Balaban J connectivity index is 1.97. The van der Waals surface area contributed by atoms with Gasteiger partial charge in [0, 0.05) is 35.2 Å². The number of rotatable bonds is 5. The molecule has 0 saturated carbocycles. The van der Waals surface area contributed by atoms with Gasteiger partial charge in [0.25, 0.3) is 0 Å². The first-order valence-corrected chi connectivity index (χ1v) is 8.45. The second-order valence-corrected chi connectivity index (χ2v) is 6.34. The van der Waals surface area contributed by atoms with Crippen molar-refractivity contribution in [2.45, 2.75) is 26.1 Å². The number of halogens is 3. The molecule has 27 heavy (non-hydrogen) atoms. The molecule has 3 aromatic rings. The largest absolute Gasteiger partial charge is 0.433 e. The van der Waals surface area contributed by atoms with Gasteiger partial charge in [-0.05, 0) is 32.0 Å². The summed E-state index contributed by atoms with van der Waals surface area (Å²) in [5, 5.41) is 6.25. The van der Waals surface area contributed by atoms with E-state index in [-0.39, 0.29) is 11.7 Å². The van der Waals surface area contributed by atoms with Gasteiger partial charge in [-0.2, -0.15) is 13.2 Å². The summed E-state index contributed by atoms with van der Waals surface area (Å²) in [5.74, 6) is 0.443. The van der Waals surface area contributed by atoms with Crippen LogP contribution in [-0.2, 0) is 6.18 Å². The zero-order chi connectivity index (χ0) is 19.4. The summed E-state index contributed by atoms with van der Waals surface area (Å²) in [5.41, 5.74) is 1.77. The lowest BCUT2D eigenvalue weighted by Crippen LogP contribution is -2.11. The predicted molar refractivity (Wildman–Crippen MR) is 101 cm³/mol. The molecule has 2 aromatic heterocycles. The Labute approximate surface area is 155 Å². The zero-order valence-corrected chi connectivity index (χ0v) is 14.9. The molecule has 0 aliphatic carbocycles. The Morgan fingerprint density at radius 3 is 2.33 bits per heavy atom. The Morgan fingerprint density at radius 1 is 0.926 bits per heavy atom. The number of alkyl halides is 3. The Hall–Kier alpha value is -3.09. The Kier molecular flexibility index (Phi) is 5.30. The Bertz CT molecular complexity index is 909. The van der Waals surface area contributed by atoms with Crippen molar-refractivity contribution in [2.24, 2.45) is 0 Å². The molecule has 0 amide bonds. The number of nitrogens with one attached hydrogen (secondary N) is 2. The van der Waals surface area contributed by atoms with Crippen LogP contribution in [0.5, 0.6) is 0 Å². The molecule has 0 aliphatic heterocycles. The topological polar surface area (TPSA) is 49.8 Å². The van der Waals surface area contributed by atoms with Crippen molar-refractivity contribution in [1.82, 2.24) is 9.97 Å². The third kappa shape index (κ3) is 4.97. The third-order valence-electron chi connectivity index (χ3n) is 3.67. The maximum Gasteiger partial charge on any atom is 0.433 e. The first-order valence-electron chi connectivity index (χ1n) is 8.45. The van der Waals surface area contributed by atoms with Crippen LogP contribution in [0.4, 0.5) is 30.4 Å². The van der Waals surface area contributed by atoms with E-state index in [0.29, 0.717) is 11.5 Å². The summed E-state index contributed by atoms with van der Waals surface area (Å²) in [6, 6.07) is 15.9. The van der Waals surface area contributed by atoms with E-state index in [2.05, 4.69) is 20.6 Å². The zero-order valence-electron chi connectivity index (χ0n) is 14.9. The molecule has 0 atom stereocenters. The van der Waals surface area contributed by atoms with E-state index in [1.165, 1.54) is 6.07 Å². The minimum Gasteiger partial charge on any atom is -0.383 e. The highest BCUT2D eigenvalue weighted by atomic mass is 19.4. The summed E-state index contributed by atoms with van der Waals surface area (Å²) in [6.07, 6.45) is -3.37. The lowest BCUT2D eigenvalue weighted by molar-refractivity contribution is -0.141. The van der Waals surface area contributed by atoms with Crippen LogP contribution in [0.1, 0.15) is 19.5 Å². The molecule has 140 valence electrons. The van der Waals surface area contributed by atoms with Crippen molar-refractivity contribution >= 4 is 17.2 Å². The van der Waals surface area contributed by atoms with E-state index in [4.69, 9.17) is 0 Å². The second-order valence-electron chi connectivity index (χ2n) is 6.34. The van der Waals surface area contributed by atoms with Crippen molar-refractivity contribution in [1.29, 1.82) is 0 Å². The maximum atomic E-state index is 12.9. The van der Waals surface area contributed by atoms with E-state index in [9.17, 15) is 13.2 Å². The molecular weight excluding hydrogens is 353 g/mol. The standard InChI is InChI=1S/C20H19F3N4/c1-13(2)25-16-10-17(14-6-4-3-5-7-14)27-19(12-16)26-15-8-9-24-18(11-15)20(21,22)23/h3-13H,1-2H3,(H2,24,25,26,27). The van der Waals surface area contributed by atoms with E-state index in [1.54, 1.807) is 6.07 Å². The number of aromatic nitrogens is 2. The molecule has 1 aromatic carbocycles. The minimum atomic E-state index is -4.50. The molecule has 7 heteroatoms. The van der Waals surface area contributed by atoms with Crippen LogP contribution < -0.4 is 10.6 Å². The van der Waals surface area contributed by atoms with Crippen molar-refractivity contribution in [3.8, 4) is 11.3 Å². The van der Waals surface area contributed by atoms with Crippen molar-refractivity contribution < 1.29 is 13.2 Å². The summed E-state index contributed by atoms with van der Waals surface area (Å²) in [6.45, 7) is 4.02. The average Bonchev–Trinajstić information content (AvgIpc) is 2.61. The predicted octanol–water partition coefficient (Wildman–Crippen LogP) is 5.73. The van der Waals surface area contributed by atoms with Crippen LogP contribution in [0, 0.1) is 0 Å². The number of hydrogen-bond donors (Lipinski definition) is 2. The molecule has 4 nitrogen and oxygen atoms in total. The van der Waals surface area contributed by atoms with Crippen LogP contribution >= 0.6 is 0 Å². The number of pyridine rings is 2. The van der Waals surface area contributed by atoms with Gasteiger partial charge in [0.2, 0.25) is 0 Å². The van der Waals surface area contributed by atoms with Crippen molar-refractivity contribution in [3.63, 3.8) is 0 Å². The SMILES string of the molecule is CC(C)Nc1cc(Nc2ccnc(C(F)(F)F)c2)nc(-c2ccccc2)c1. The first kappa shape index (κ1) is 18.7. The van der Waals surface area contributed by atoms with Gasteiger partial charge in [-0.15, -0.1) is 0 Å². The van der Waals surface area contributed by atoms with Gasteiger partial charge in [-0.1, -0.05) is 30.3 Å². The average molecular weight is 372 g/mol. The number of anilines is 3. The molecule has 0 fully saturated rings. The molecule has 0 saturated heterocycles. The molecule has 0 spiro atoms. The van der Waals surface area contributed by atoms with Crippen LogP contribution in [0.25, 0.3) is 11.3 Å². The highest BCUT2D eigenvalue weighted by molar-refractivity contribution is 5.70. The van der Waals surface area contributed by atoms with Crippen molar-refractivity contribution in [2.75, 3.05) is 10.6 Å². The monoisotopic (exact) mass is 372 g/mol. The van der Waals surface area contributed by atoms with Gasteiger partial charge in [0.15, 0.2) is 0 Å². The van der Waals surface area contributed by atoms with E-state index < -0.39 is 11.9 Å². The quantitative estimate of drug-likeness (QED) is 0.601. The summed E-state index contributed by atoms with van der Waals surface area (Å²) in [7, 11) is 0. The van der Waals surface area contributed by atoms with E-state index >= 15 is 0 Å².